The van der Waals surface area contributed by atoms with Crippen LogP contribution in [0.2, 0.25) is 0 Å². The SMILES string of the molecule is O=C(NCc1nnc2cc(-c3nc(C4CC4)no3)ccn12)C1CCC1. The zero-order valence-corrected chi connectivity index (χ0v) is 13.7. The lowest BCUT2D eigenvalue weighted by atomic mass is 9.85. The topological polar surface area (TPSA) is 98.2 Å². The second-order valence-electron chi connectivity index (χ2n) is 6.84. The molecule has 0 atom stereocenters. The van der Waals surface area contributed by atoms with E-state index in [9.17, 15) is 4.79 Å². The molecule has 25 heavy (non-hydrogen) atoms. The van der Waals surface area contributed by atoms with Crippen LogP contribution >= 0.6 is 0 Å². The molecule has 2 aliphatic rings. The van der Waals surface area contributed by atoms with Gasteiger partial charge < -0.3 is 9.84 Å². The van der Waals surface area contributed by atoms with E-state index in [4.69, 9.17) is 4.52 Å². The summed E-state index contributed by atoms with van der Waals surface area (Å²) in [6.45, 7) is 0.377. The monoisotopic (exact) mass is 338 g/mol. The zero-order valence-electron chi connectivity index (χ0n) is 13.7. The standard InChI is InChI=1S/C17H18N6O2/c24-16(11-2-1-3-11)18-9-14-21-20-13-8-12(6-7-23(13)14)17-19-15(22-25-17)10-4-5-10/h6-8,10-11H,1-5,9H2,(H,18,24). The Morgan fingerprint density at radius 1 is 1.28 bits per heavy atom. The number of hydrogen-bond donors (Lipinski definition) is 1. The maximum absolute atomic E-state index is 12.0. The first-order valence-corrected chi connectivity index (χ1v) is 8.73. The summed E-state index contributed by atoms with van der Waals surface area (Å²) in [5.41, 5.74) is 1.51. The molecular formula is C17H18N6O2. The number of aromatic nitrogens is 5. The molecule has 0 aliphatic heterocycles. The first-order valence-electron chi connectivity index (χ1n) is 8.73. The van der Waals surface area contributed by atoms with E-state index in [0.29, 0.717) is 29.8 Å². The van der Waals surface area contributed by atoms with Gasteiger partial charge in [-0.2, -0.15) is 4.98 Å². The third-order valence-corrected chi connectivity index (χ3v) is 5.01. The highest BCUT2D eigenvalue weighted by Crippen LogP contribution is 2.38. The molecular weight excluding hydrogens is 320 g/mol. The van der Waals surface area contributed by atoms with E-state index in [1.165, 1.54) is 0 Å². The predicted octanol–water partition coefficient (Wildman–Crippen LogP) is 2.07. The van der Waals surface area contributed by atoms with E-state index in [1.54, 1.807) is 0 Å². The second kappa shape index (κ2) is 5.65. The quantitative estimate of drug-likeness (QED) is 0.765. The van der Waals surface area contributed by atoms with Gasteiger partial charge in [0.15, 0.2) is 17.3 Å². The number of nitrogens with one attached hydrogen (secondary N) is 1. The summed E-state index contributed by atoms with van der Waals surface area (Å²) in [6, 6.07) is 3.77. The molecule has 0 unspecified atom stereocenters. The van der Waals surface area contributed by atoms with E-state index >= 15 is 0 Å². The van der Waals surface area contributed by atoms with Gasteiger partial charge in [0.2, 0.25) is 5.91 Å². The van der Waals surface area contributed by atoms with Gasteiger partial charge in [-0.1, -0.05) is 11.6 Å². The number of pyridine rings is 1. The molecule has 3 aromatic heterocycles. The van der Waals surface area contributed by atoms with Gasteiger partial charge in [0.25, 0.3) is 5.89 Å². The van der Waals surface area contributed by atoms with Crippen molar-refractivity contribution in [3.05, 3.63) is 30.0 Å². The molecule has 8 heteroatoms. The van der Waals surface area contributed by atoms with Crippen molar-refractivity contribution >= 4 is 11.6 Å². The highest BCUT2D eigenvalue weighted by molar-refractivity contribution is 5.79. The van der Waals surface area contributed by atoms with Crippen molar-refractivity contribution in [2.45, 2.75) is 44.6 Å². The van der Waals surface area contributed by atoms with Crippen molar-refractivity contribution in [2.75, 3.05) is 0 Å². The normalized spacial score (nSPS) is 17.6. The minimum Gasteiger partial charge on any atom is -0.349 e. The van der Waals surface area contributed by atoms with Crippen LogP contribution in [0.5, 0.6) is 0 Å². The molecule has 2 aliphatic carbocycles. The van der Waals surface area contributed by atoms with E-state index < -0.39 is 0 Å². The molecule has 8 nitrogen and oxygen atoms in total. The third kappa shape index (κ3) is 2.67. The number of carbonyl (C=O) groups excluding carboxylic acids is 1. The van der Waals surface area contributed by atoms with Crippen LogP contribution in [-0.4, -0.2) is 30.6 Å². The fourth-order valence-electron chi connectivity index (χ4n) is 3.03. The van der Waals surface area contributed by atoms with Crippen LogP contribution in [0.1, 0.15) is 49.7 Å². The Labute approximate surface area is 143 Å². The molecule has 1 amide bonds. The summed E-state index contributed by atoms with van der Waals surface area (Å²) in [5, 5.41) is 15.4. The molecule has 0 spiro atoms. The Kier molecular flexibility index (Phi) is 3.29. The van der Waals surface area contributed by atoms with Crippen LogP contribution in [0.3, 0.4) is 0 Å². The maximum Gasteiger partial charge on any atom is 0.258 e. The molecule has 0 aromatic carbocycles. The van der Waals surface area contributed by atoms with E-state index in [1.807, 2.05) is 22.7 Å². The van der Waals surface area contributed by atoms with E-state index in [-0.39, 0.29) is 11.8 Å². The van der Waals surface area contributed by atoms with Crippen LogP contribution in [0, 0.1) is 5.92 Å². The van der Waals surface area contributed by atoms with Gasteiger partial charge >= 0.3 is 0 Å². The Morgan fingerprint density at radius 3 is 2.92 bits per heavy atom. The predicted molar refractivity (Wildman–Crippen MR) is 87.4 cm³/mol. The molecule has 3 aromatic rings. The van der Waals surface area contributed by atoms with E-state index in [2.05, 4.69) is 25.7 Å². The third-order valence-electron chi connectivity index (χ3n) is 5.01. The summed E-state index contributed by atoms with van der Waals surface area (Å²) in [7, 11) is 0. The van der Waals surface area contributed by atoms with Gasteiger partial charge in [0, 0.05) is 23.6 Å². The van der Waals surface area contributed by atoms with Crippen molar-refractivity contribution in [1.82, 2.24) is 30.1 Å². The van der Waals surface area contributed by atoms with Gasteiger partial charge in [-0.25, -0.2) is 0 Å². The number of nitrogens with zero attached hydrogens (tertiary/aromatic N) is 5. The Bertz CT molecular complexity index is 938. The Hall–Kier alpha value is -2.77. The molecule has 128 valence electrons. The second-order valence-corrected chi connectivity index (χ2v) is 6.84. The molecule has 2 fully saturated rings. The van der Waals surface area contributed by atoms with Crippen molar-refractivity contribution in [3.63, 3.8) is 0 Å². The number of carbonyl (C=O) groups is 1. The lowest BCUT2D eigenvalue weighted by Gasteiger charge is -2.23. The number of amides is 1. The average Bonchev–Trinajstić information content (AvgIpc) is 3.16. The Balaban J connectivity index is 1.35. The van der Waals surface area contributed by atoms with Gasteiger partial charge in [0.05, 0.1) is 6.54 Å². The van der Waals surface area contributed by atoms with Crippen molar-refractivity contribution < 1.29 is 9.32 Å². The molecule has 5 rings (SSSR count). The molecule has 0 saturated heterocycles. The van der Waals surface area contributed by atoms with Gasteiger partial charge in [-0.05, 0) is 37.8 Å². The summed E-state index contributed by atoms with van der Waals surface area (Å²) in [6.07, 6.45) is 7.27. The maximum atomic E-state index is 12.0. The molecule has 2 saturated carbocycles. The van der Waals surface area contributed by atoms with Crippen LogP contribution in [0.25, 0.3) is 17.1 Å². The largest absolute Gasteiger partial charge is 0.349 e. The van der Waals surface area contributed by atoms with Gasteiger partial charge in [-0.15, -0.1) is 10.2 Å². The van der Waals surface area contributed by atoms with Crippen LogP contribution in [0.15, 0.2) is 22.9 Å². The summed E-state index contributed by atoms with van der Waals surface area (Å²) < 4.78 is 7.22. The van der Waals surface area contributed by atoms with Gasteiger partial charge in [-0.3, -0.25) is 9.20 Å². The average molecular weight is 338 g/mol. The molecule has 3 heterocycles. The summed E-state index contributed by atoms with van der Waals surface area (Å²) in [4.78, 5) is 16.4. The number of fused-ring (bicyclic) bond motifs is 1. The number of hydrogen-bond acceptors (Lipinski definition) is 6. The Morgan fingerprint density at radius 2 is 2.16 bits per heavy atom. The lowest BCUT2D eigenvalue weighted by Crippen LogP contribution is -2.34. The highest BCUT2D eigenvalue weighted by atomic mass is 16.5. The number of rotatable bonds is 5. The fraction of sp³-hybridized carbons (Fsp3) is 0.471. The first kappa shape index (κ1) is 14.6. The summed E-state index contributed by atoms with van der Waals surface area (Å²) in [5.74, 6) is 2.74. The smallest absolute Gasteiger partial charge is 0.258 e. The zero-order chi connectivity index (χ0) is 16.8. The lowest BCUT2D eigenvalue weighted by molar-refractivity contribution is -0.127. The van der Waals surface area contributed by atoms with Crippen molar-refractivity contribution in [3.8, 4) is 11.5 Å². The summed E-state index contributed by atoms with van der Waals surface area (Å²) >= 11 is 0. The van der Waals surface area contributed by atoms with Crippen LogP contribution < -0.4 is 5.32 Å². The van der Waals surface area contributed by atoms with Gasteiger partial charge in [0.1, 0.15) is 0 Å². The minimum absolute atomic E-state index is 0.109. The van der Waals surface area contributed by atoms with E-state index in [0.717, 1.165) is 43.5 Å². The highest BCUT2D eigenvalue weighted by Gasteiger charge is 2.29. The first-order chi connectivity index (χ1) is 12.3. The van der Waals surface area contributed by atoms with Crippen LogP contribution in [-0.2, 0) is 11.3 Å². The minimum atomic E-state index is 0.109. The van der Waals surface area contributed by atoms with Crippen molar-refractivity contribution in [1.29, 1.82) is 0 Å². The van der Waals surface area contributed by atoms with Crippen LogP contribution in [0.4, 0.5) is 0 Å². The molecule has 1 N–H and O–H groups in total. The molecule has 0 radical (unpaired) electrons. The van der Waals surface area contributed by atoms with Crippen molar-refractivity contribution in [2.24, 2.45) is 5.92 Å². The fourth-order valence-corrected chi connectivity index (χ4v) is 3.03. The molecule has 0 bridgehead atoms.